The van der Waals surface area contributed by atoms with Gasteiger partial charge in [-0.3, -0.25) is 13.8 Å². The first-order chi connectivity index (χ1) is 24.6. The number of phosphoric acid groups is 1. The molecule has 0 spiro atoms. The van der Waals surface area contributed by atoms with Crippen molar-refractivity contribution >= 4 is 13.8 Å². The summed E-state index contributed by atoms with van der Waals surface area (Å²) in [5.41, 5.74) is 0. The molecule has 0 bridgehead atoms. The quantitative estimate of drug-likeness (QED) is 0.0223. The number of rotatable bonds is 37. The molecule has 0 aromatic heterocycles. The Morgan fingerprint density at radius 1 is 0.627 bits per heavy atom. The molecule has 0 aliphatic heterocycles. The van der Waals surface area contributed by atoms with Crippen LogP contribution in [0, 0.1) is 0 Å². The summed E-state index contributed by atoms with van der Waals surface area (Å²) in [6.07, 6.45) is 41.4. The van der Waals surface area contributed by atoms with Crippen LogP contribution in [0.4, 0.5) is 0 Å². The highest BCUT2D eigenvalue weighted by molar-refractivity contribution is 7.47. The number of carbonyl (C=O) groups is 1. The first kappa shape index (κ1) is 49.5. The van der Waals surface area contributed by atoms with Crippen molar-refractivity contribution in [3.8, 4) is 0 Å². The molecule has 0 aromatic rings. The lowest BCUT2D eigenvalue weighted by Crippen LogP contribution is -2.37. The lowest BCUT2D eigenvalue weighted by atomic mass is 10.1. The maximum Gasteiger partial charge on any atom is 0.472 e. The molecule has 51 heavy (non-hydrogen) atoms. The molecule has 2 atom stereocenters. The summed E-state index contributed by atoms with van der Waals surface area (Å²) in [6.45, 7) is 5.42. The van der Waals surface area contributed by atoms with E-state index in [4.69, 9.17) is 18.5 Å². The molecule has 0 aliphatic rings. The second kappa shape index (κ2) is 35.5. The zero-order chi connectivity index (χ0) is 37.7. The van der Waals surface area contributed by atoms with Crippen LogP contribution in [0.25, 0.3) is 0 Å². The summed E-state index contributed by atoms with van der Waals surface area (Å²) < 4.78 is 34.9. The molecule has 9 heteroatoms. The predicted octanol–water partition coefficient (Wildman–Crippen LogP) is 11.6. The van der Waals surface area contributed by atoms with Crippen molar-refractivity contribution in [2.75, 3.05) is 54.1 Å². The van der Waals surface area contributed by atoms with E-state index < -0.39 is 13.9 Å². The number of allylic oxidation sites excluding steroid dienone is 8. The third kappa shape index (κ3) is 39.5. The van der Waals surface area contributed by atoms with Crippen LogP contribution in [0.2, 0.25) is 0 Å². The maximum absolute atomic E-state index is 12.6. The first-order valence-electron chi connectivity index (χ1n) is 20.4. The van der Waals surface area contributed by atoms with Gasteiger partial charge in [0.2, 0.25) is 0 Å². The molecule has 1 N–H and O–H groups in total. The van der Waals surface area contributed by atoms with E-state index in [-0.39, 0.29) is 25.8 Å². The van der Waals surface area contributed by atoms with Gasteiger partial charge in [-0.15, -0.1) is 0 Å². The highest BCUT2D eigenvalue weighted by Crippen LogP contribution is 2.43. The largest absolute Gasteiger partial charge is 0.472 e. The Balaban J connectivity index is 4.33. The van der Waals surface area contributed by atoms with Crippen LogP contribution < -0.4 is 0 Å². The number of hydrogen-bond donors (Lipinski definition) is 1. The highest BCUT2D eigenvalue weighted by atomic mass is 31.2. The Morgan fingerprint density at radius 3 is 1.73 bits per heavy atom. The van der Waals surface area contributed by atoms with E-state index in [1.165, 1.54) is 51.4 Å². The fraction of sp³-hybridized carbons (Fsp3) is 0.786. The minimum absolute atomic E-state index is 0.0808. The van der Waals surface area contributed by atoms with Crippen molar-refractivity contribution in [2.24, 2.45) is 0 Å². The number of nitrogens with zero attached hydrogens (tertiary/aromatic N) is 1. The molecule has 0 saturated carbocycles. The predicted molar refractivity (Wildman–Crippen MR) is 215 cm³/mol. The van der Waals surface area contributed by atoms with Crippen molar-refractivity contribution in [1.29, 1.82) is 0 Å². The van der Waals surface area contributed by atoms with Crippen LogP contribution >= 0.6 is 7.82 Å². The van der Waals surface area contributed by atoms with Crippen molar-refractivity contribution in [3.05, 3.63) is 48.6 Å². The molecule has 0 fully saturated rings. The maximum atomic E-state index is 12.6. The molecule has 8 nitrogen and oxygen atoms in total. The molecule has 298 valence electrons. The zero-order valence-electron chi connectivity index (χ0n) is 33.6. The topological polar surface area (TPSA) is 91.3 Å². The molecular weight excluding hydrogens is 661 g/mol. The standard InChI is InChI=1S/C42H78NO7P/c1-6-8-10-12-14-16-18-20-22-23-25-27-29-31-33-35-42(44)50-41(40-49-51(45,46)48-38-36-43(3,4)5)39-47-37-34-32-30-28-26-24-21-19-17-15-13-11-9-7-2/h9,11,15,17,20-22,24,41H,6-8,10,12-14,16,18-19,23,25-40H2,1-5H3/p+1/b11-9-,17-15-,22-20-,24-21-. The minimum Gasteiger partial charge on any atom is -0.457 e. The van der Waals surface area contributed by atoms with Crippen LogP contribution in [-0.4, -0.2) is 75.6 Å². The van der Waals surface area contributed by atoms with E-state index >= 15 is 0 Å². The van der Waals surface area contributed by atoms with E-state index in [0.29, 0.717) is 24.1 Å². The molecule has 2 unspecified atom stereocenters. The number of likely N-dealkylation sites (N-methyl/N-ethyl adjacent to an activating group) is 1. The van der Waals surface area contributed by atoms with Gasteiger partial charge in [-0.25, -0.2) is 4.57 Å². The molecule has 0 rings (SSSR count). The van der Waals surface area contributed by atoms with E-state index in [2.05, 4.69) is 62.5 Å². The van der Waals surface area contributed by atoms with Gasteiger partial charge in [-0.2, -0.15) is 0 Å². The molecule has 0 heterocycles. The fourth-order valence-electron chi connectivity index (χ4n) is 5.21. The average Bonchev–Trinajstić information content (AvgIpc) is 3.08. The van der Waals surface area contributed by atoms with Gasteiger partial charge in [0.25, 0.3) is 0 Å². The van der Waals surface area contributed by atoms with Crippen molar-refractivity contribution < 1.29 is 37.3 Å². The SMILES string of the molecule is CC/C=C\C/C=C\C/C=C\CCCCCCOCC(COP(=O)(O)OCC[N+](C)(C)C)OC(=O)CCCCCCC/C=C\CCCCCCCC. The zero-order valence-corrected chi connectivity index (χ0v) is 34.5. The van der Waals surface area contributed by atoms with E-state index in [1.54, 1.807) is 0 Å². The van der Waals surface area contributed by atoms with Gasteiger partial charge in [0.05, 0.1) is 34.4 Å². The lowest BCUT2D eigenvalue weighted by Gasteiger charge is -2.24. The van der Waals surface area contributed by atoms with Crippen molar-refractivity contribution in [1.82, 2.24) is 0 Å². The lowest BCUT2D eigenvalue weighted by molar-refractivity contribution is -0.870. The summed E-state index contributed by atoms with van der Waals surface area (Å²) in [5.74, 6) is -0.333. The average molecular weight is 741 g/mol. The van der Waals surface area contributed by atoms with E-state index in [0.717, 1.165) is 83.5 Å². The van der Waals surface area contributed by atoms with Gasteiger partial charge < -0.3 is 18.9 Å². The third-order valence-corrected chi connectivity index (χ3v) is 9.36. The van der Waals surface area contributed by atoms with Gasteiger partial charge in [0.1, 0.15) is 19.3 Å². The van der Waals surface area contributed by atoms with Gasteiger partial charge in [0.15, 0.2) is 0 Å². The Kier molecular flexibility index (Phi) is 34.4. The smallest absolute Gasteiger partial charge is 0.457 e. The van der Waals surface area contributed by atoms with Crippen LogP contribution in [-0.2, 0) is 27.9 Å². The molecule has 0 amide bonds. The number of carbonyl (C=O) groups excluding carboxylic acids is 1. The Morgan fingerprint density at radius 2 is 1.14 bits per heavy atom. The molecule has 0 aliphatic carbocycles. The fourth-order valence-corrected chi connectivity index (χ4v) is 5.95. The Hall–Kier alpha value is -1.54. The number of ether oxygens (including phenoxy) is 2. The summed E-state index contributed by atoms with van der Waals surface area (Å²) in [4.78, 5) is 22.8. The van der Waals surface area contributed by atoms with E-state index in [9.17, 15) is 14.3 Å². The van der Waals surface area contributed by atoms with Crippen molar-refractivity contribution in [2.45, 2.75) is 161 Å². The molecule has 0 saturated heterocycles. The number of esters is 1. The second-order valence-electron chi connectivity index (χ2n) is 14.6. The normalized spacial score (nSPS) is 14.4. The highest BCUT2D eigenvalue weighted by Gasteiger charge is 2.26. The van der Waals surface area contributed by atoms with E-state index in [1.807, 2.05) is 21.1 Å². The molecule has 0 aromatic carbocycles. The van der Waals surface area contributed by atoms with Crippen LogP contribution in [0.1, 0.15) is 155 Å². The summed E-state index contributed by atoms with van der Waals surface area (Å²) >= 11 is 0. The monoisotopic (exact) mass is 741 g/mol. The summed E-state index contributed by atoms with van der Waals surface area (Å²) in [6, 6.07) is 0. The van der Waals surface area contributed by atoms with Crippen LogP contribution in [0.5, 0.6) is 0 Å². The Bertz CT molecular complexity index is 957. The number of phosphoric ester groups is 1. The summed E-state index contributed by atoms with van der Waals surface area (Å²) in [5, 5.41) is 0. The molecular formula is C42H79NO7P+. The summed E-state index contributed by atoms with van der Waals surface area (Å²) in [7, 11) is 1.64. The number of quaternary nitrogens is 1. The third-order valence-electron chi connectivity index (χ3n) is 8.37. The molecule has 0 radical (unpaired) electrons. The van der Waals surface area contributed by atoms with Gasteiger partial charge >= 0.3 is 13.8 Å². The Labute approximate surface area is 314 Å². The minimum atomic E-state index is -4.28. The van der Waals surface area contributed by atoms with Crippen molar-refractivity contribution in [3.63, 3.8) is 0 Å². The van der Waals surface area contributed by atoms with Gasteiger partial charge in [-0.05, 0) is 70.6 Å². The van der Waals surface area contributed by atoms with Crippen LogP contribution in [0.3, 0.4) is 0 Å². The first-order valence-corrected chi connectivity index (χ1v) is 21.9. The number of unbranched alkanes of at least 4 members (excludes halogenated alkanes) is 15. The van der Waals surface area contributed by atoms with Gasteiger partial charge in [-0.1, -0.05) is 127 Å². The number of hydrogen-bond acceptors (Lipinski definition) is 6. The second-order valence-corrected chi connectivity index (χ2v) is 16.1. The van der Waals surface area contributed by atoms with Crippen LogP contribution in [0.15, 0.2) is 48.6 Å². The van der Waals surface area contributed by atoms with Gasteiger partial charge in [0, 0.05) is 13.0 Å².